The summed E-state index contributed by atoms with van der Waals surface area (Å²) in [5, 5.41) is 12.0. The van der Waals surface area contributed by atoms with Crippen LogP contribution < -0.4 is 26.0 Å². The van der Waals surface area contributed by atoms with Crippen LogP contribution in [-0.2, 0) is 21.5 Å². The summed E-state index contributed by atoms with van der Waals surface area (Å²) < 4.78 is 70.5. The predicted molar refractivity (Wildman–Crippen MR) is 186 cm³/mol. The van der Waals surface area contributed by atoms with Gasteiger partial charge in [0.05, 0.1) is 5.54 Å². The number of amides is 2. The zero-order chi connectivity index (χ0) is 38.4. The quantitative estimate of drug-likeness (QED) is 0.0727. The van der Waals surface area contributed by atoms with Crippen LogP contribution in [0.15, 0.2) is 66.7 Å². The molecule has 0 unspecified atom stereocenters. The third-order valence-corrected chi connectivity index (χ3v) is 8.48. The van der Waals surface area contributed by atoms with E-state index in [1.807, 2.05) is 12.1 Å². The number of Topliss-reactive ketones (excluding diaryl/α,β-unsaturated/α-hetero) is 1. The molecular formula is C36H35ClF5N7O4. The molecule has 0 saturated heterocycles. The number of halogens is 6. The normalized spacial score (nSPS) is 13.5. The number of carbonyl (C=O) groups excluding carboxylic acids is 3. The van der Waals surface area contributed by atoms with Gasteiger partial charge in [-0.2, -0.15) is 28.1 Å². The van der Waals surface area contributed by atoms with Gasteiger partial charge in [-0.1, -0.05) is 43.6 Å². The number of alkyl halides is 3. The van der Waals surface area contributed by atoms with Gasteiger partial charge in [0.15, 0.2) is 6.61 Å². The van der Waals surface area contributed by atoms with Crippen LogP contribution in [0.2, 0.25) is 5.02 Å². The zero-order valence-electron chi connectivity index (χ0n) is 28.5. The highest BCUT2D eigenvalue weighted by Gasteiger charge is 2.45. The van der Waals surface area contributed by atoms with E-state index in [1.54, 1.807) is 38.1 Å². The molecule has 0 radical (unpaired) electrons. The highest BCUT2D eigenvalue weighted by Crippen LogP contribution is 2.48. The molecule has 3 aromatic carbocycles. The first-order chi connectivity index (χ1) is 25.0. The van der Waals surface area contributed by atoms with Gasteiger partial charge in [-0.25, -0.2) is 8.78 Å². The van der Waals surface area contributed by atoms with Gasteiger partial charge >= 0.3 is 12.2 Å². The molecule has 0 bridgehead atoms. The second-order valence-electron chi connectivity index (χ2n) is 13.3. The van der Waals surface area contributed by atoms with E-state index in [0.717, 1.165) is 24.5 Å². The molecule has 1 fully saturated rings. The number of anilines is 3. The Morgan fingerprint density at radius 1 is 0.868 bits per heavy atom. The maximum Gasteiger partial charge on any atom is 0.422 e. The van der Waals surface area contributed by atoms with E-state index in [-0.39, 0.29) is 49.0 Å². The molecule has 11 nitrogen and oxygen atoms in total. The molecule has 0 aliphatic heterocycles. The first kappa shape index (κ1) is 38.8. The molecule has 1 heterocycles. The lowest BCUT2D eigenvalue weighted by atomic mass is 9.93. The van der Waals surface area contributed by atoms with Crippen LogP contribution in [0.4, 0.5) is 39.5 Å². The molecule has 280 valence electrons. The first-order valence-electron chi connectivity index (χ1n) is 16.4. The summed E-state index contributed by atoms with van der Waals surface area (Å²) in [5.74, 6) is -3.70. The van der Waals surface area contributed by atoms with Crippen molar-refractivity contribution in [2.24, 2.45) is 5.41 Å². The zero-order valence-corrected chi connectivity index (χ0v) is 29.3. The van der Waals surface area contributed by atoms with E-state index in [9.17, 15) is 36.3 Å². The third-order valence-electron chi connectivity index (χ3n) is 8.23. The van der Waals surface area contributed by atoms with Crippen molar-refractivity contribution in [1.29, 1.82) is 0 Å². The number of carbonyl (C=O) groups is 3. The lowest BCUT2D eigenvalue weighted by molar-refractivity contribution is -0.154. The van der Waals surface area contributed by atoms with Crippen molar-refractivity contribution in [3.8, 4) is 6.01 Å². The Hall–Kier alpha value is -5.38. The van der Waals surface area contributed by atoms with E-state index in [2.05, 4.69) is 36.2 Å². The Bertz CT molecular complexity index is 1960. The van der Waals surface area contributed by atoms with Crippen molar-refractivity contribution in [2.45, 2.75) is 51.2 Å². The number of aromatic nitrogens is 3. The summed E-state index contributed by atoms with van der Waals surface area (Å²) in [6.45, 7) is 2.10. The summed E-state index contributed by atoms with van der Waals surface area (Å²) in [5.41, 5.74) is 0.510. The fourth-order valence-corrected chi connectivity index (χ4v) is 5.22. The molecule has 0 atom stereocenters. The van der Waals surface area contributed by atoms with Crippen molar-refractivity contribution in [3.05, 3.63) is 100 Å². The predicted octanol–water partition coefficient (Wildman–Crippen LogP) is 6.66. The van der Waals surface area contributed by atoms with Crippen LogP contribution in [0.5, 0.6) is 6.01 Å². The topological polar surface area (TPSA) is 147 Å². The Balaban J connectivity index is 1.15. The summed E-state index contributed by atoms with van der Waals surface area (Å²) in [6.07, 6.45) is -3.51. The van der Waals surface area contributed by atoms with Gasteiger partial charge < -0.3 is 26.0 Å². The molecule has 1 aromatic heterocycles. The molecule has 1 aliphatic carbocycles. The van der Waals surface area contributed by atoms with Crippen LogP contribution in [0, 0.1) is 17.0 Å². The number of aryl methyl sites for hydroxylation is 1. The van der Waals surface area contributed by atoms with Gasteiger partial charge in [-0.15, -0.1) is 0 Å². The molecule has 1 aliphatic rings. The van der Waals surface area contributed by atoms with Gasteiger partial charge in [0, 0.05) is 41.9 Å². The summed E-state index contributed by atoms with van der Waals surface area (Å²) in [6, 6.07) is 15.7. The number of nitrogens with one attached hydrogen (secondary N) is 4. The molecular weight excluding hydrogens is 725 g/mol. The van der Waals surface area contributed by atoms with E-state index < -0.39 is 59.0 Å². The molecule has 4 N–H and O–H groups in total. The fraction of sp³-hybridized carbons (Fsp3) is 0.333. The average molecular weight is 760 g/mol. The number of rotatable bonds is 16. The summed E-state index contributed by atoms with van der Waals surface area (Å²) in [4.78, 5) is 49.9. The van der Waals surface area contributed by atoms with Crippen molar-refractivity contribution in [2.75, 3.05) is 30.3 Å². The smallest absolute Gasteiger partial charge is 0.422 e. The van der Waals surface area contributed by atoms with Crippen LogP contribution in [-0.4, -0.2) is 58.4 Å². The molecule has 4 aromatic rings. The van der Waals surface area contributed by atoms with E-state index in [0.29, 0.717) is 16.8 Å². The Morgan fingerprint density at radius 3 is 2.17 bits per heavy atom. The largest absolute Gasteiger partial charge is 0.454 e. The van der Waals surface area contributed by atoms with E-state index in [1.165, 1.54) is 18.2 Å². The second-order valence-corrected chi connectivity index (χ2v) is 13.7. The van der Waals surface area contributed by atoms with Crippen LogP contribution >= 0.6 is 11.6 Å². The van der Waals surface area contributed by atoms with E-state index >= 15 is 0 Å². The lowest BCUT2D eigenvalue weighted by Crippen LogP contribution is -2.43. The second kappa shape index (κ2) is 16.1. The fourth-order valence-electron chi connectivity index (χ4n) is 5.10. The number of nitrogens with zero attached hydrogens (tertiary/aromatic N) is 3. The summed E-state index contributed by atoms with van der Waals surface area (Å²) in [7, 11) is 0. The van der Waals surface area contributed by atoms with Gasteiger partial charge in [-0.3, -0.25) is 14.4 Å². The van der Waals surface area contributed by atoms with Crippen LogP contribution in [0.3, 0.4) is 0 Å². The lowest BCUT2D eigenvalue weighted by Gasteiger charge is -2.25. The van der Waals surface area contributed by atoms with Gasteiger partial charge in [-0.05, 0) is 78.3 Å². The van der Waals surface area contributed by atoms with Crippen LogP contribution in [0.1, 0.15) is 54.6 Å². The molecule has 1 saturated carbocycles. The molecule has 17 heteroatoms. The summed E-state index contributed by atoms with van der Waals surface area (Å²) >= 11 is 6.02. The van der Waals surface area contributed by atoms with Crippen molar-refractivity contribution in [1.82, 2.24) is 25.6 Å². The molecule has 53 heavy (non-hydrogen) atoms. The highest BCUT2D eigenvalue weighted by atomic mass is 35.5. The van der Waals surface area contributed by atoms with Gasteiger partial charge in [0.2, 0.25) is 17.7 Å². The standard InChI is InChI=1S/C36H35ClF5N7O4/c1-34(2,19-44-30(52)28(50)14-6-21-3-11-25(38)17-27(21)39)18-43-29(51)22-4-12-26(13-5-22)45-31-46-32(48-33(47-31)53-20-36(40,41)42)49-35(15-16-35)23-7-9-24(37)10-8-23/h3-5,7-13,17H,6,14-16,18-20H2,1-2H3,(H,43,51)(H,44,52)(H2,45,46,47,48,49). The minimum Gasteiger partial charge on any atom is -0.454 e. The molecule has 2 amide bonds. The number of hydrogen-bond donors (Lipinski definition) is 4. The van der Waals surface area contributed by atoms with Gasteiger partial charge in [0.1, 0.15) is 11.6 Å². The van der Waals surface area contributed by atoms with Crippen molar-refractivity contribution in [3.63, 3.8) is 0 Å². The number of ketones is 1. The monoisotopic (exact) mass is 759 g/mol. The molecule has 5 rings (SSSR count). The Kier molecular flexibility index (Phi) is 11.8. The Labute approximate surface area is 306 Å². The van der Waals surface area contributed by atoms with Crippen molar-refractivity contribution >= 4 is 46.8 Å². The SMILES string of the molecule is CC(C)(CNC(=O)C(=O)CCc1ccc(F)cc1F)CNC(=O)c1ccc(Nc2nc(NC3(c4ccc(Cl)cc4)CC3)nc(OCC(F)(F)F)n2)cc1. The number of hydrogen-bond acceptors (Lipinski definition) is 9. The third kappa shape index (κ3) is 11.3. The Morgan fingerprint density at radius 2 is 1.53 bits per heavy atom. The van der Waals surface area contributed by atoms with Crippen molar-refractivity contribution < 1.29 is 41.1 Å². The number of ether oxygens (including phenoxy) is 1. The maximum atomic E-state index is 13.8. The highest BCUT2D eigenvalue weighted by molar-refractivity contribution is 6.36. The van der Waals surface area contributed by atoms with Crippen LogP contribution in [0.25, 0.3) is 0 Å². The van der Waals surface area contributed by atoms with Gasteiger partial charge in [0.25, 0.3) is 11.8 Å². The first-order valence-corrected chi connectivity index (χ1v) is 16.8. The minimum atomic E-state index is -4.62. The number of benzene rings is 3. The molecule has 0 spiro atoms. The van der Waals surface area contributed by atoms with E-state index in [4.69, 9.17) is 16.3 Å². The average Bonchev–Trinajstić information content (AvgIpc) is 3.88. The minimum absolute atomic E-state index is 0.00770. The maximum absolute atomic E-state index is 13.8.